The van der Waals surface area contributed by atoms with Gasteiger partial charge >= 0.3 is 0 Å². The van der Waals surface area contributed by atoms with Crippen molar-refractivity contribution >= 4 is 45.0 Å². The molecule has 2 aromatic carbocycles. The van der Waals surface area contributed by atoms with Crippen molar-refractivity contribution in [3.63, 3.8) is 0 Å². The highest BCUT2D eigenvalue weighted by Gasteiger charge is 2.03. The van der Waals surface area contributed by atoms with E-state index in [-0.39, 0.29) is 5.91 Å². The highest BCUT2D eigenvalue weighted by atomic mass is 79.9. The Balaban J connectivity index is 1.70. The van der Waals surface area contributed by atoms with Crippen molar-refractivity contribution in [1.82, 2.24) is 0 Å². The number of thioether (sulfide) groups is 1. The topological polar surface area (TPSA) is 55.1 Å². The van der Waals surface area contributed by atoms with Gasteiger partial charge in [-0.25, -0.2) is 0 Å². The zero-order valence-electron chi connectivity index (χ0n) is 11.5. The van der Waals surface area contributed by atoms with Crippen LogP contribution in [0.1, 0.15) is 12.8 Å². The van der Waals surface area contributed by atoms with Gasteiger partial charge in [-0.3, -0.25) is 4.79 Å². The lowest BCUT2D eigenvalue weighted by molar-refractivity contribution is -0.116. The van der Waals surface area contributed by atoms with Crippen molar-refractivity contribution in [2.45, 2.75) is 17.7 Å². The number of nitrogens with two attached hydrogens (primary N) is 1. The van der Waals surface area contributed by atoms with Crippen LogP contribution in [0.15, 0.2) is 57.9 Å². The molecule has 0 aliphatic carbocycles. The molecule has 2 rings (SSSR count). The van der Waals surface area contributed by atoms with Gasteiger partial charge in [0.1, 0.15) is 0 Å². The van der Waals surface area contributed by atoms with Crippen LogP contribution in [0.5, 0.6) is 0 Å². The van der Waals surface area contributed by atoms with Crippen LogP contribution in [0.2, 0.25) is 0 Å². The Hall–Kier alpha value is -1.46. The van der Waals surface area contributed by atoms with E-state index in [1.54, 1.807) is 23.9 Å². The number of hydrogen-bond acceptors (Lipinski definition) is 3. The zero-order chi connectivity index (χ0) is 15.1. The second-order valence-corrected chi connectivity index (χ2v) is 6.67. The lowest BCUT2D eigenvalue weighted by atomic mass is 10.2. The molecule has 0 fully saturated rings. The molecule has 110 valence electrons. The predicted molar refractivity (Wildman–Crippen MR) is 93.6 cm³/mol. The Labute approximate surface area is 137 Å². The smallest absolute Gasteiger partial charge is 0.224 e. The summed E-state index contributed by atoms with van der Waals surface area (Å²) in [4.78, 5) is 13.0. The Morgan fingerprint density at radius 3 is 2.76 bits per heavy atom. The van der Waals surface area contributed by atoms with Gasteiger partial charge < -0.3 is 11.1 Å². The molecule has 0 bridgehead atoms. The van der Waals surface area contributed by atoms with Gasteiger partial charge in [-0.2, -0.15) is 0 Å². The molecular formula is C16H17BrN2OS. The molecule has 3 nitrogen and oxygen atoms in total. The van der Waals surface area contributed by atoms with Crippen LogP contribution in [0.25, 0.3) is 0 Å². The maximum atomic E-state index is 11.8. The van der Waals surface area contributed by atoms with Gasteiger partial charge in [0.05, 0.1) is 0 Å². The fourth-order valence-corrected chi connectivity index (χ4v) is 3.28. The third-order valence-corrected chi connectivity index (χ3v) is 4.36. The number of hydrogen-bond donors (Lipinski definition) is 2. The molecule has 0 spiro atoms. The van der Waals surface area contributed by atoms with E-state index in [1.807, 2.05) is 24.3 Å². The van der Waals surface area contributed by atoms with E-state index in [0.29, 0.717) is 12.1 Å². The zero-order valence-corrected chi connectivity index (χ0v) is 13.9. The minimum absolute atomic E-state index is 0.0236. The van der Waals surface area contributed by atoms with Gasteiger partial charge in [0.15, 0.2) is 0 Å². The summed E-state index contributed by atoms with van der Waals surface area (Å²) < 4.78 is 1.08. The summed E-state index contributed by atoms with van der Waals surface area (Å²) in [5, 5.41) is 2.85. The standard InChI is InChI=1S/C16H17BrN2OS/c17-12-4-1-7-15(10-12)21-9-3-8-16(20)19-14-6-2-5-13(18)11-14/h1-2,4-7,10-11H,3,8-9,18H2,(H,19,20). The molecule has 0 aromatic heterocycles. The van der Waals surface area contributed by atoms with E-state index in [4.69, 9.17) is 5.73 Å². The summed E-state index contributed by atoms with van der Waals surface area (Å²) in [7, 11) is 0. The molecule has 0 radical (unpaired) electrons. The quantitative estimate of drug-likeness (QED) is 0.449. The molecule has 3 N–H and O–H groups in total. The summed E-state index contributed by atoms with van der Waals surface area (Å²) in [6.45, 7) is 0. The highest BCUT2D eigenvalue weighted by molar-refractivity contribution is 9.10. The van der Waals surface area contributed by atoms with Gasteiger partial charge in [-0.05, 0) is 48.6 Å². The monoisotopic (exact) mass is 364 g/mol. The highest BCUT2D eigenvalue weighted by Crippen LogP contribution is 2.23. The third kappa shape index (κ3) is 5.81. The van der Waals surface area contributed by atoms with E-state index >= 15 is 0 Å². The van der Waals surface area contributed by atoms with Crippen LogP contribution in [0.4, 0.5) is 11.4 Å². The molecule has 0 saturated carbocycles. The van der Waals surface area contributed by atoms with Gasteiger partial charge in [0, 0.05) is 27.2 Å². The molecule has 0 saturated heterocycles. The number of amides is 1. The maximum absolute atomic E-state index is 11.8. The molecule has 5 heteroatoms. The average molecular weight is 365 g/mol. The summed E-state index contributed by atoms with van der Waals surface area (Å²) >= 11 is 5.20. The summed E-state index contributed by atoms with van der Waals surface area (Å²) in [6.07, 6.45) is 1.35. The Morgan fingerprint density at radius 2 is 2.00 bits per heavy atom. The fourth-order valence-electron chi connectivity index (χ4n) is 1.82. The number of halogens is 1. The number of anilines is 2. The second kappa shape index (κ2) is 8.10. The van der Waals surface area contributed by atoms with E-state index in [2.05, 4.69) is 33.4 Å². The average Bonchev–Trinajstić information content (AvgIpc) is 2.44. The largest absolute Gasteiger partial charge is 0.399 e. The number of benzene rings is 2. The fraction of sp³-hybridized carbons (Fsp3) is 0.188. The molecule has 1 amide bonds. The first-order valence-corrected chi connectivity index (χ1v) is 8.45. The van der Waals surface area contributed by atoms with Crippen LogP contribution in [0.3, 0.4) is 0 Å². The summed E-state index contributed by atoms with van der Waals surface area (Å²) in [5.41, 5.74) is 7.07. The summed E-state index contributed by atoms with van der Waals surface area (Å²) in [6, 6.07) is 15.4. The lowest BCUT2D eigenvalue weighted by Crippen LogP contribution is -2.11. The first-order chi connectivity index (χ1) is 10.1. The Bertz CT molecular complexity index is 619. The molecule has 0 atom stereocenters. The minimum atomic E-state index is 0.0236. The van der Waals surface area contributed by atoms with Crippen LogP contribution >= 0.6 is 27.7 Å². The Kier molecular flexibility index (Phi) is 6.14. The van der Waals surface area contributed by atoms with Gasteiger partial charge in [-0.1, -0.05) is 28.1 Å². The van der Waals surface area contributed by atoms with Crippen molar-refractivity contribution in [3.8, 4) is 0 Å². The van der Waals surface area contributed by atoms with Crippen LogP contribution in [-0.2, 0) is 4.79 Å². The van der Waals surface area contributed by atoms with Gasteiger partial charge in [-0.15, -0.1) is 11.8 Å². The van der Waals surface area contributed by atoms with Crippen molar-refractivity contribution in [2.75, 3.05) is 16.8 Å². The number of nitrogens with one attached hydrogen (secondary N) is 1. The van der Waals surface area contributed by atoms with E-state index in [1.165, 1.54) is 4.90 Å². The molecule has 2 aromatic rings. The lowest BCUT2D eigenvalue weighted by Gasteiger charge is -2.06. The number of carbonyl (C=O) groups is 1. The first kappa shape index (κ1) is 15.9. The van der Waals surface area contributed by atoms with Crippen molar-refractivity contribution in [3.05, 3.63) is 53.0 Å². The maximum Gasteiger partial charge on any atom is 0.224 e. The van der Waals surface area contributed by atoms with E-state index < -0.39 is 0 Å². The van der Waals surface area contributed by atoms with Gasteiger partial charge in [0.2, 0.25) is 5.91 Å². The number of carbonyl (C=O) groups excluding carboxylic acids is 1. The van der Waals surface area contributed by atoms with Crippen LogP contribution in [-0.4, -0.2) is 11.7 Å². The van der Waals surface area contributed by atoms with Crippen molar-refractivity contribution in [2.24, 2.45) is 0 Å². The number of rotatable bonds is 6. The van der Waals surface area contributed by atoms with E-state index in [0.717, 1.165) is 22.3 Å². The molecule has 0 heterocycles. The van der Waals surface area contributed by atoms with Crippen LogP contribution < -0.4 is 11.1 Å². The molecular weight excluding hydrogens is 348 g/mol. The van der Waals surface area contributed by atoms with Crippen molar-refractivity contribution in [1.29, 1.82) is 0 Å². The SMILES string of the molecule is Nc1cccc(NC(=O)CCCSc2cccc(Br)c2)c1. The third-order valence-electron chi connectivity index (χ3n) is 2.78. The normalized spacial score (nSPS) is 10.3. The van der Waals surface area contributed by atoms with Crippen LogP contribution in [0, 0.1) is 0 Å². The molecule has 0 aliphatic heterocycles. The molecule has 21 heavy (non-hydrogen) atoms. The molecule has 0 aliphatic rings. The minimum Gasteiger partial charge on any atom is -0.399 e. The van der Waals surface area contributed by atoms with E-state index in [9.17, 15) is 4.79 Å². The second-order valence-electron chi connectivity index (χ2n) is 4.58. The van der Waals surface area contributed by atoms with Gasteiger partial charge in [0.25, 0.3) is 0 Å². The predicted octanol–water partition coefficient (Wildman–Crippen LogP) is 4.54. The molecule has 0 unspecified atom stereocenters. The first-order valence-electron chi connectivity index (χ1n) is 6.67. The number of nitrogen functional groups attached to an aromatic ring is 1. The van der Waals surface area contributed by atoms with Crippen molar-refractivity contribution < 1.29 is 4.79 Å². The Morgan fingerprint density at radius 1 is 1.19 bits per heavy atom. The summed E-state index contributed by atoms with van der Waals surface area (Å²) in [5.74, 6) is 0.941.